The van der Waals surface area contributed by atoms with Crippen molar-refractivity contribution < 1.29 is 43.5 Å². The van der Waals surface area contributed by atoms with Gasteiger partial charge in [0.1, 0.15) is 28.8 Å². The molecule has 1 saturated heterocycles. The van der Waals surface area contributed by atoms with E-state index in [0.717, 1.165) is 75.0 Å². The topological polar surface area (TPSA) is 166 Å². The molecule has 4 aliphatic rings. The summed E-state index contributed by atoms with van der Waals surface area (Å²) in [6, 6.07) is 21.8. The van der Waals surface area contributed by atoms with Crippen molar-refractivity contribution in [2.75, 3.05) is 31.7 Å². The van der Waals surface area contributed by atoms with Crippen LogP contribution in [0.5, 0.6) is 17.2 Å². The van der Waals surface area contributed by atoms with E-state index in [-0.39, 0.29) is 48.7 Å². The summed E-state index contributed by atoms with van der Waals surface area (Å²) in [7, 11) is 0. The number of nitrogens with one attached hydrogen (secondary N) is 2. The number of carboxylic acids is 2. The summed E-state index contributed by atoms with van der Waals surface area (Å²) >= 11 is 6.32. The molecule has 0 radical (unpaired) electrons. The monoisotopic (exact) mass is 949 g/mol. The highest BCUT2D eigenvalue weighted by Crippen LogP contribution is 2.57. The highest BCUT2D eigenvalue weighted by molar-refractivity contribution is 6.30. The first-order valence-electron chi connectivity index (χ1n) is 24.9. The van der Waals surface area contributed by atoms with Gasteiger partial charge in [0.25, 0.3) is 0 Å². The second kappa shape index (κ2) is 22.4. The zero-order chi connectivity index (χ0) is 47.7. The number of benzene rings is 3. The summed E-state index contributed by atoms with van der Waals surface area (Å²) in [6.07, 6.45) is 14.1. The number of rotatable bonds is 21. The first-order valence-corrected chi connectivity index (χ1v) is 25.3. The number of ether oxygens (including phenoxy) is 4. The van der Waals surface area contributed by atoms with Crippen molar-refractivity contribution in [3.8, 4) is 17.2 Å². The lowest BCUT2D eigenvalue weighted by Crippen LogP contribution is -2.53. The van der Waals surface area contributed by atoms with Crippen LogP contribution in [0.25, 0.3) is 0 Å². The summed E-state index contributed by atoms with van der Waals surface area (Å²) in [5.41, 5.74) is 4.89. The van der Waals surface area contributed by atoms with Gasteiger partial charge < -0.3 is 39.8 Å². The predicted octanol–water partition coefficient (Wildman–Crippen LogP) is 10.5. The number of carboxylic acid groups (broad SMARTS) is 2. The molecule has 8 rings (SSSR count). The summed E-state index contributed by atoms with van der Waals surface area (Å²) in [5, 5.41) is 27.4. The van der Waals surface area contributed by atoms with Crippen LogP contribution in [0, 0.1) is 11.8 Å². The number of carbonyl (C=O) groups excluding carboxylic acids is 1. The molecule has 4 aromatic rings. The van der Waals surface area contributed by atoms with Gasteiger partial charge in [-0.25, -0.2) is 9.59 Å². The number of anilines is 1. The molecule has 2 heterocycles. The van der Waals surface area contributed by atoms with Gasteiger partial charge in [0.05, 0.1) is 25.9 Å². The average molecular weight is 951 g/mol. The van der Waals surface area contributed by atoms with Crippen LogP contribution in [0.1, 0.15) is 131 Å². The van der Waals surface area contributed by atoms with Gasteiger partial charge in [-0.1, -0.05) is 49.7 Å². The number of aliphatic carboxylic acids is 2. The van der Waals surface area contributed by atoms with Crippen molar-refractivity contribution in [3.05, 3.63) is 112 Å². The molecule has 68 heavy (non-hydrogen) atoms. The number of nitrogens with zero attached hydrogens (tertiary/aromatic N) is 1. The second-order valence-corrected chi connectivity index (χ2v) is 20.3. The van der Waals surface area contributed by atoms with Crippen LogP contribution >= 0.6 is 11.6 Å². The molecule has 12 nitrogen and oxygen atoms in total. The Hall–Kier alpha value is -5.33. The van der Waals surface area contributed by atoms with E-state index in [4.69, 9.17) is 30.5 Å². The number of aromatic nitrogens is 1. The Kier molecular flexibility index (Phi) is 16.2. The third-order valence-corrected chi connectivity index (χ3v) is 15.3. The third-order valence-electron chi connectivity index (χ3n) is 15.0. The van der Waals surface area contributed by atoms with Gasteiger partial charge in [-0.05, 0) is 172 Å². The Morgan fingerprint density at radius 2 is 1.72 bits per heavy atom. The normalized spacial score (nSPS) is 24.0. The lowest BCUT2D eigenvalue weighted by Gasteiger charge is -2.47. The summed E-state index contributed by atoms with van der Waals surface area (Å²) in [4.78, 5) is 43.2. The van der Waals surface area contributed by atoms with Gasteiger partial charge in [-0.2, -0.15) is 0 Å². The van der Waals surface area contributed by atoms with Gasteiger partial charge in [-0.15, -0.1) is 0 Å². The molecule has 5 atom stereocenters. The molecule has 4 N–H and O–H groups in total. The van der Waals surface area contributed by atoms with Crippen LogP contribution in [0.3, 0.4) is 0 Å². The molecule has 1 unspecified atom stereocenters. The number of carbonyl (C=O) groups is 3. The zero-order valence-electron chi connectivity index (χ0n) is 39.6. The fourth-order valence-corrected chi connectivity index (χ4v) is 11.6. The molecule has 364 valence electrons. The van der Waals surface area contributed by atoms with Crippen LogP contribution in [0.4, 0.5) is 5.69 Å². The van der Waals surface area contributed by atoms with E-state index < -0.39 is 23.5 Å². The van der Waals surface area contributed by atoms with E-state index >= 15 is 0 Å². The fraction of sp³-hybridized carbons (Fsp3) is 0.527. The van der Waals surface area contributed by atoms with Crippen LogP contribution < -0.4 is 24.8 Å². The summed E-state index contributed by atoms with van der Waals surface area (Å²) in [5.74, 6) is 0.883. The van der Waals surface area contributed by atoms with Crippen molar-refractivity contribution in [2.24, 2.45) is 11.8 Å². The number of pyridine rings is 1. The Labute approximate surface area is 405 Å². The number of fused-ring (bicyclic) bond motifs is 3. The minimum Gasteiger partial charge on any atom is -0.494 e. The molecule has 3 aromatic carbocycles. The minimum atomic E-state index is -1.15. The van der Waals surface area contributed by atoms with Crippen molar-refractivity contribution in [1.82, 2.24) is 10.3 Å². The van der Waals surface area contributed by atoms with E-state index in [1.54, 1.807) is 12.1 Å². The maximum absolute atomic E-state index is 13.1. The lowest BCUT2D eigenvalue weighted by atomic mass is 9.59. The number of amides is 1. The van der Waals surface area contributed by atoms with Gasteiger partial charge >= 0.3 is 11.9 Å². The molecule has 3 aliphatic carbocycles. The number of aryl methyl sites for hydroxylation is 1. The Morgan fingerprint density at radius 3 is 2.50 bits per heavy atom. The van der Waals surface area contributed by atoms with E-state index in [1.165, 1.54) is 23.1 Å². The van der Waals surface area contributed by atoms with Crippen molar-refractivity contribution in [3.63, 3.8) is 0 Å². The number of hydrogen-bond acceptors (Lipinski definition) is 9. The second-order valence-electron chi connectivity index (χ2n) is 19.9. The van der Waals surface area contributed by atoms with Crippen molar-refractivity contribution in [2.45, 2.75) is 146 Å². The van der Waals surface area contributed by atoms with Crippen molar-refractivity contribution >= 4 is 35.1 Å². The zero-order valence-corrected chi connectivity index (χ0v) is 40.4. The van der Waals surface area contributed by atoms with Crippen molar-refractivity contribution in [1.29, 1.82) is 0 Å². The molecule has 1 aromatic heterocycles. The SMILES string of the molecule is C[C@@H](COc1ccnc2c1[C@H](C)CCC2)C[C@H]1Cc2ccc(OCCCC(=O)N[C@H](Cc3cccc(OCCC4CCCCO4)c3)C(=O)O)cc2C12CCC(Nc1cccc(Cl)c1)(C(=O)O)CC2. The van der Waals surface area contributed by atoms with E-state index in [1.807, 2.05) is 54.7 Å². The molecule has 1 saturated carbocycles. The number of halogens is 1. The molecule has 2 fully saturated rings. The van der Waals surface area contributed by atoms with Gasteiger partial charge in [0.15, 0.2) is 0 Å². The Balaban J connectivity index is 0.895. The molecule has 0 bridgehead atoms. The van der Waals surface area contributed by atoms with E-state index in [2.05, 4.69) is 41.6 Å². The molecular formula is C55H68ClN3O9. The highest BCUT2D eigenvalue weighted by atomic mass is 35.5. The van der Waals surface area contributed by atoms with Crippen LogP contribution in [-0.4, -0.2) is 77.2 Å². The molecule has 1 spiro atoms. The van der Waals surface area contributed by atoms with Gasteiger partial charge in [0.2, 0.25) is 5.91 Å². The first kappa shape index (κ1) is 49.1. The average Bonchev–Trinajstić information content (AvgIpc) is 3.61. The van der Waals surface area contributed by atoms with E-state index in [0.29, 0.717) is 73.4 Å². The van der Waals surface area contributed by atoms with Gasteiger partial charge in [-0.3, -0.25) is 9.78 Å². The standard InChI is InChI=1S/C55H68ClN3O9/c1-36(35-68-49-19-25-57-47-15-5-9-37(2)51(47)49)29-40-32-39-17-18-45(34-46(39)54(40)21-23-55(24-22-54,53(63)64)59-42-12-7-11-41(56)33-42)66-27-8-16-50(60)58-48(52(61)62)31-38-10-6-14-44(30-38)67-28-20-43-13-3-4-26-65-43/h6-7,10-12,14,17-19,25,30,33-34,36-37,40,43,48,59H,3-5,8-9,13,15-16,20-24,26-29,31-32,35H2,1-2H3,(H,58,60)(H,61,62)(H,63,64)/t36-,37-,40+,43?,48-,54?,55?/m1/s1. The van der Waals surface area contributed by atoms with Gasteiger partial charge in [0, 0.05) is 54.0 Å². The largest absolute Gasteiger partial charge is 0.494 e. The summed E-state index contributed by atoms with van der Waals surface area (Å²) < 4.78 is 24.7. The summed E-state index contributed by atoms with van der Waals surface area (Å²) in [6.45, 7) is 6.67. The maximum atomic E-state index is 13.1. The van der Waals surface area contributed by atoms with Crippen LogP contribution in [0.2, 0.25) is 5.02 Å². The molecule has 13 heteroatoms. The predicted molar refractivity (Wildman–Crippen MR) is 262 cm³/mol. The lowest BCUT2D eigenvalue weighted by molar-refractivity contribution is -0.144. The highest BCUT2D eigenvalue weighted by Gasteiger charge is 2.54. The fourth-order valence-electron chi connectivity index (χ4n) is 11.4. The Morgan fingerprint density at radius 1 is 0.912 bits per heavy atom. The molecule has 1 amide bonds. The number of hydrogen-bond donors (Lipinski definition) is 4. The Bertz CT molecular complexity index is 2380. The molecular weight excluding hydrogens is 882 g/mol. The smallest absolute Gasteiger partial charge is 0.329 e. The van der Waals surface area contributed by atoms with Crippen LogP contribution in [-0.2, 0) is 43.8 Å². The first-order chi connectivity index (χ1) is 32.9. The maximum Gasteiger partial charge on any atom is 0.329 e. The van der Waals surface area contributed by atoms with E-state index in [9.17, 15) is 24.6 Å². The third kappa shape index (κ3) is 11.9. The molecule has 1 aliphatic heterocycles. The van der Waals surface area contributed by atoms with Crippen LogP contribution in [0.15, 0.2) is 79.0 Å². The quantitative estimate of drug-likeness (QED) is 0.0588. The minimum absolute atomic E-state index is 0.102.